The van der Waals surface area contributed by atoms with E-state index in [1.54, 1.807) is 0 Å². The van der Waals surface area contributed by atoms with Gasteiger partial charge in [-0.1, -0.05) is 48.9 Å². The summed E-state index contributed by atoms with van der Waals surface area (Å²) in [6.45, 7) is 6.65. The highest BCUT2D eigenvalue weighted by atomic mass is 32.1. The number of rotatable bonds is 6. The highest BCUT2D eigenvalue weighted by Crippen LogP contribution is 2.29. The summed E-state index contributed by atoms with van der Waals surface area (Å²) < 4.78 is 0. The summed E-state index contributed by atoms with van der Waals surface area (Å²) >= 11 is 4.71. The number of thiol groups is 1. The normalized spacial score (nSPS) is 14.1. The van der Waals surface area contributed by atoms with Crippen LogP contribution < -0.4 is 0 Å². The highest BCUT2D eigenvalue weighted by molar-refractivity contribution is 7.80. The third-order valence-corrected chi connectivity index (χ3v) is 3.53. The minimum atomic E-state index is 0.373. The summed E-state index contributed by atoms with van der Waals surface area (Å²) in [5.74, 6) is 0.730. The number of hydrogen-bond acceptors (Lipinski definition) is 1. The third-order valence-electron chi connectivity index (χ3n) is 3.02. The van der Waals surface area contributed by atoms with Gasteiger partial charge in [0.25, 0.3) is 0 Å². The van der Waals surface area contributed by atoms with Crippen LogP contribution in [-0.4, -0.2) is 0 Å². The molecule has 0 saturated carbocycles. The zero-order valence-corrected chi connectivity index (χ0v) is 12.1. The van der Waals surface area contributed by atoms with Gasteiger partial charge in [-0.05, 0) is 44.6 Å². The van der Waals surface area contributed by atoms with Crippen LogP contribution in [0.2, 0.25) is 0 Å². The van der Waals surface area contributed by atoms with E-state index in [2.05, 4.69) is 57.2 Å². The van der Waals surface area contributed by atoms with Gasteiger partial charge in [0.2, 0.25) is 0 Å². The maximum Gasteiger partial charge on any atom is 0.0269 e. The van der Waals surface area contributed by atoms with E-state index in [1.165, 1.54) is 24.0 Å². The van der Waals surface area contributed by atoms with Gasteiger partial charge in [0, 0.05) is 5.25 Å². The first-order chi connectivity index (χ1) is 8.09. The van der Waals surface area contributed by atoms with E-state index < -0.39 is 0 Å². The van der Waals surface area contributed by atoms with Crippen LogP contribution in [0, 0.1) is 5.92 Å². The summed E-state index contributed by atoms with van der Waals surface area (Å²) in [6, 6.07) is 10.6. The average molecular weight is 248 g/mol. The van der Waals surface area contributed by atoms with Gasteiger partial charge in [-0.15, -0.1) is 0 Å². The molecule has 17 heavy (non-hydrogen) atoms. The number of benzene rings is 1. The molecule has 1 aromatic carbocycles. The van der Waals surface area contributed by atoms with E-state index in [-0.39, 0.29) is 0 Å². The van der Waals surface area contributed by atoms with Crippen molar-refractivity contribution in [3.05, 3.63) is 47.5 Å². The highest BCUT2D eigenvalue weighted by Gasteiger charge is 2.10. The third kappa shape index (κ3) is 5.97. The molecule has 1 heteroatoms. The maximum absolute atomic E-state index is 4.71. The van der Waals surface area contributed by atoms with Crippen LogP contribution in [0.15, 0.2) is 42.0 Å². The minimum Gasteiger partial charge on any atom is -0.171 e. The minimum absolute atomic E-state index is 0.373. The second-order valence-corrected chi connectivity index (χ2v) is 5.75. The number of allylic oxidation sites excluding steroid dienone is 2. The van der Waals surface area contributed by atoms with E-state index in [0.717, 1.165) is 12.3 Å². The summed E-state index contributed by atoms with van der Waals surface area (Å²) in [5, 5.41) is 0.373. The van der Waals surface area contributed by atoms with Crippen LogP contribution in [-0.2, 0) is 0 Å². The fourth-order valence-electron chi connectivity index (χ4n) is 1.97. The lowest BCUT2D eigenvalue weighted by Gasteiger charge is -2.16. The molecule has 94 valence electrons. The fourth-order valence-corrected chi connectivity index (χ4v) is 2.50. The molecule has 0 aliphatic carbocycles. The van der Waals surface area contributed by atoms with Crippen molar-refractivity contribution in [1.82, 2.24) is 0 Å². The summed E-state index contributed by atoms with van der Waals surface area (Å²) in [6.07, 6.45) is 5.93. The molecule has 0 N–H and O–H groups in total. The van der Waals surface area contributed by atoms with E-state index >= 15 is 0 Å². The largest absolute Gasteiger partial charge is 0.171 e. The molecular weight excluding hydrogens is 224 g/mol. The fraction of sp³-hybridized carbons (Fsp3) is 0.500. The van der Waals surface area contributed by atoms with Crippen molar-refractivity contribution in [2.24, 2.45) is 5.92 Å². The van der Waals surface area contributed by atoms with Crippen molar-refractivity contribution >= 4 is 12.6 Å². The Morgan fingerprint density at radius 3 is 2.47 bits per heavy atom. The molecule has 2 unspecified atom stereocenters. The smallest absolute Gasteiger partial charge is 0.0269 e. The Morgan fingerprint density at radius 1 is 1.24 bits per heavy atom. The van der Waals surface area contributed by atoms with Crippen LogP contribution in [0.25, 0.3) is 0 Å². The first-order valence-electron chi connectivity index (χ1n) is 6.46. The van der Waals surface area contributed by atoms with Crippen LogP contribution in [0.1, 0.15) is 50.8 Å². The zero-order valence-electron chi connectivity index (χ0n) is 11.2. The van der Waals surface area contributed by atoms with Crippen molar-refractivity contribution in [3.8, 4) is 0 Å². The van der Waals surface area contributed by atoms with Crippen LogP contribution in [0.5, 0.6) is 0 Å². The summed E-state index contributed by atoms with van der Waals surface area (Å²) in [7, 11) is 0. The SMILES string of the molecule is CC(C)=CCCC(C)CC(S)c1ccccc1. The van der Waals surface area contributed by atoms with E-state index in [0.29, 0.717) is 5.25 Å². The zero-order chi connectivity index (χ0) is 12.7. The molecule has 0 saturated heterocycles. The predicted molar refractivity (Wildman–Crippen MR) is 80.6 cm³/mol. The molecule has 0 aliphatic rings. The topological polar surface area (TPSA) is 0 Å². The van der Waals surface area contributed by atoms with Crippen molar-refractivity contribution in [3.63, 3.8) is 0 Å². The van der Waals surface area contributed by atoms with E-state index in [1.807, 2.05) is 0 Å². The first kappa shape index (κ1) is 14.4. The molecule has 0 radical (unpaired) electrons. The Hall–Kier alpha value is -0.690. The Kier molecular flexibility index (Phi) is 6.43. The Balaban J connectivity index is 2.36. The lowest BCUT2D eigenvalue weighted by Crippen LogP contribution is -2.00. The van der Waals surface area contributed by atoms with Gasteiger partial charge < -0.3 is 0 Å². The van der Waals surface area contributed by atoms with Gasteiger partial charge in [-0.2, -0.15) is 12.6 Å². The Labute approximate surface area is 112 Å². The van der Waals surface area contributed by atoms with Gasteiger partial charge in [0.15, 0.2) is 0 Å². The van der Waals surface area contributed by atoms with Crippen LogP contribution in [0.3, 0.4) is 0 Å². The molecule has 0 nitrogen and oxygen atoms in total. The average Bonchev–Trinajstić information content (AvgIpc) is 2.29. The van der Waals surface area contributed by atoms with Gasteiger partial charge in [0.05, 0.1) is 0 Å². The molecular formula is C16H24S. The number of hydrogen-bond donors (Lipinski definition) is 1. The standard InChI is InChI=1S/C16H24S/c1-13(2)8-7-9-14(3)12-16(17)15-10-5-4-6-11-15/h4-6,8,10-11,14,16-17H,7,9,12H2,1-3H3. The van der Waals surface area contributed by atoms with E-state index in [9.17, 15) is 0 Å². The lowest BCUT2D eigenvalue weighted by atomic mass is 9.96. The summed E-state index contributed by atoms with van der Waals surface area (Å²) in [5.41, 5.74) is 2.76. The molecule has 0 aromatic heterocycles. The van der Waals surface area contributed by atoms with Gasteiger partial charge in [-0.25, -0.2) is 0 Å². The second kappa shape index (κ2) is 7.60. The molecule has 0 aliphatic heterocycles. The molecule has 1 aromatic rings. The predicted octanol–water partition coefficient (Wildman–Crippen LogP) is 5.43. The van der Waals surface area contributed by atoms with Crippen molar-refractivity contribution < 1.29 is 0 Å². The molecule has 0 heterocycles. The Morgan fingerprint density at radius 2 is 1.88 bits per heavy atom. The van der Waals surface area contributed by atoms with Gasteiger partial charge >= 0.3 is 0 Å². The van der Waals surface area contributed by atoms with E-state index in [4.69, 9.17) is 12.6 Å². The van der Waals surface area contributed by atoms with Gasteiger partial charge in [0.1, 0.15) is 0 Å². The molecule has 0 bridgehead atoms. The molecule has 0 spiro atoms. The molecule has 0 fully saturated rings. The van der Waals surface area contributed by atoms with Crippen molar-refractivity contribution in [2.75, 3.05) is 0 Å². The van der Waals surface area contributed by atoms with Crippen LogP contribution in [0.4, 0.5) is 0 Å². The summed E-state index contributed by atoms with van der Waals surface area (Å²) in [4.78, 5) is 0. The quantitative estimate of drug-likeness (QED) is 0.503. The van der Waals surface area contributed by atoms with Gasteiger partial charge in [-0.3, -0.25) is 0 Å². The molecule has 2 atom stereocenters. The molecule has 0 amide bonds. The monoisotopic (exact) mass is 248 g/mol. The van der Waals surface area contributed by atoms with Crippen molar-refractivity contribution in [1.29, 1.82) is 0 Å². The Bertz CT molecular complexity index is 336. The lowest BCUT2D eigenvalue weighted by molar-refractivity contribution is 0.493. The van der Waals surface area contributed by atoms with Crippen LogP contribution >= 0.6 is 12.6 Å². The maximum atomic E-state index is 4.71. The second-order valence-electron chi connectivity index (χ2n) is 5.13. The first-order valence-corrected chi connectivity index (χ1v) is 6.97. The molecule has 1 rings (SSSR count). The van der Waals surface area contributed by atoms with Crippen molar-refractivity contribution in [2.45, 2.75) is 45.3 Å².